The molecule has 8 nitrogen and oxygen atoms in total. The van der Waals surface area contributed by atoms with Crippen LogP contribution in [0.1, 0.15) is 48.0 Å². The molecule has 32 heavy (non-hydrogen) atoms. The van der Waals surface area contributed by atoms with Crippen molar-refractivity contribution in [1.29, 1.82) is 0 Å². The summed E-state index contributed by atoms with van der Waals surface area (Å²) >= 11 is 0. The first-order valence-electron chi connectivity index (χ1n) is 10.7. The predicted octanol–water partition coefficient (Wildman–Crippen LogP) is 2.76. The lowest BCUT2D eigenvalue weighted by molar-refractivity contribution is -0.139. The molecule has 2 aromatic rings. The molecule has 2 aromatic carbocycles. The zero-order valence-corrected chi connectivity index (χ0v) is 18.4. The number of imide groups is 1. The number of likely N-dealkylation sites (tertiary alicyclic amines) is 1. The molecule has 0 aliphatic carbocycles. The number of nitrogens with one attached hydrogen (secondary N) is 1. The number of rotatable bonds is 6. The maximum atomic E-state index is 13.1. The van der Waals surface area contributed by atoms with Crippen LogP contribution in [0.25, 0.3) is 0 Å². The van der Waals surface area contributed by atoms with Gasteiger partial charge in [-0.05, 0) is 42.7 Å². The average molecular weight is 456 g/mol. The van der Waals surface area contributed by atoms with Gasteiger partial charge in [0.1, 0.15) is 0 Å². The maximum absolute atomic E-state index is 13.1. The second kappa shape index (κ2) is 9.22. The monoisotopic (exact) mass is 455 g/mol. The summed E-state index contributed by atoms with van der Waals surface area (Å²) in [4.78, 5) is 37.7. The number of piperidine rings is 1. The molecule has 0 atom stereocenters. The van der Waals surface area contributed by atoms with Crippen LogP contribution in [0.2, 0.25) is 0 Å². The molecule has 0 saturated carbocycles. The van der Waals surface area contributed by atoms with Gasteiger partial charge in [-0.25, -0.2) is 8.42 Å². The highest BCUT2D eigenvalue weighted by Crippen LogP contribution is 2.25. The Balaban J connectivity index is 1.49. The molecule has 0 aromatic heterocycles. The van der Waals surface area contributed by atoms with Gasteiger partial charge in [0.25, 0.3) is 5.91 Å². The lowest BCUT2D eigenvalue weighted by Crippen LogP contribution is -2.36. The van der Waals surface area contributed by atoms with E-state index in [1.165, 1.54) is 21.3 Å². The maximum Gasteiger partial charge on any atom is 0.257 e. The molecule has 1 N–H and O–H groups in total. The van der Waals surface area contributed by atoms with E-state index in [9.17, 15) is 22.8 Å². The molecule has 168 valence electrons. The van der Waals surface area contributed by atoms with Gasteiger partial charge in [0, 0.05) is 31.6 Å². The van der Waals surface area contributed by atoms with Crippen LogP contribution in [0.5, 0.6) is 0 Å². The Morgan fingerprint density at radius 1 is 0.875 bits per heavy atom. The minimum Gasteiger partial charge on any atom is -0.322 e. The third kappa shape index (κ3) is 4.58. The average Bonchev–Trinajstić information content (AvgIpc) is 3.13. The highest BCUT2D eigenvalue weighted by Gasteiger charge is 2.30. The van der Waals surface area contributed by atoms with E-state index < -0.39 is 15.9 Å². The van der Waals surface area contributed by atoms with Gasteiger partial charge in [-0.3, -0.25) is 19.3 Å². The summed E-state index contributed by atoms with van der Waals surface area (Å²) in [6.07, 6.45) is 3.12. The lowest BCUT2D eigenvalue weighted by Gasteiger charge is -2.26. The van der Waals surface area contributed by atoms with E-state index in [1.54, 1.807) is 36.4 Å². The molecule has 4 rings (SSSR count). The van der Waals surface area contributed by atoms with Crippen LogP contribution in [0.3, 0.4) is 0 Å². The number of sulfonamides is 1. The van der Waals surface area contributed by atoms with E-state index in [0.29, 0.717) is 18.8 Å². The fourth-order valence-electron chi connectivity index (χ4n) is 4.00. The van der Waals surface area contributed by atoms with Crippen molar-refractivity contribution in [2.75, 3.05) is 18.4 Å². The lowest BCUT2D eigenvalue weighted by atomic mass is 10.1. The highest BCUT2D eigenvalue weighted by atomic mass is 32.2. The quantitative estimate of drug-likeness (QED) is 0.675. The molecule has 0 unspecified atom stereocenters. The van der Waals surface area contributed by atoms with Crippen LogP contribution in [-0.4, -0.2) is 48.4 Å². The number of amides is 3. The van der Waals surface area contributed by atoms with Gasteiger partial charge in [-0.1, -0.05) is 30.7 Å². The molecule has 2 aliphatic heterocycles. The molecule has 0 bridgehead atoms. The van der Waals surface area contributed by atoms with Gasteiger partial charge in [0.15, 0.2) is 0 Å². The van der Waals surface area contributed by atoms with E-state index in [2.05, 4.69) is 5.32 Å². The first-order valence-corrected chi connectivity index (χ1v) is 12.1. The molecule has 0 radical (unpaired) electrons. The summed E-state index contributed by atoms with van der Waals surface area (Å²) in [5.41, 5.74) is 1.35. The number of hydrogen-bond donors (Lipinski definition) is 1. The molecule has 2 saturated heterocycles. The molecule has 9 heteroatoms. The van der Waals surface area contributed by atoms with E-state index in [0.717, 1.165) is 24.8 Å². The van der Waals surface area contributed by atoms with Crippen molar-refractivity contribution in [2.24, 2.45) is 0 Å². The second-order valence-electron chi connectivity index (χ2n) is 7.99. The first-order chi connectivity index (χ1) is 15.4. The summed E-state index contributed by atoms with van der Waals surface area (Å²) in [7, 11) is -3.76. The fourth-order valence-corrected chi connectivity index (χ4v) is 5.70. The van der Waals surface area contributed by atoms with Gasteiger partial charge in [-0.2, -0.15) is 4.31 Å². The van der Waals surface area contributed by atoms with Crippen molar-refractivity contribution in [1.82, 2.24) is 9.21 Å². The third-order valence-corrected chi connectivity index (χ3v) is 7.73. The minimum atomic E-state index is -3.76. The Kier molecular flexibility index (Phi) is 6.38. The Bertz CT molecular complexity index is 1120. The van der Waals surface area contributed by atoms with Crippen LogP contribution in [0.4, 0.5) is 5.69 Å². The van der Waals surface area contributed by atoms with Crippen molar-refractivity contribution < 1.29 is 22.8 Å². The largest absolute Gasteiger partial charge is 0.322 e. The van der Waals surface area contributed by atoms with Crippen LogP contribution in [-0.2, 0) is 26.2 Å². The van der Waals surface area contributed by atoms with Crippen molar-refractivity contribution >= 4 is 33.4 Å². The Hall–Kier alpha value is -3.04. The smallest absolute Gasteiger partial charge is 0.257 e. The van der Waals surface area contributed by atoms with Crippen molar-refractivity contribution in [2.45, 2.75) is 43.5 Å². The summed E-state index contributed by atoms with van der Waals surface area (Å²) in [6, 6.07) is 13.0. The van der Waals surface area contributed by atoms with E-state index in [4.69, 9.17) is 0 Å². The number of hydrogen-bond acceptors (Lipinski definition) is 5. The molecule has 2 aliphatic rings. The normalized spacial score (nSPS) is 17.6. The third-order valence-electron chi connectivity index (χ3n) is 5.77. The van der Waals surface area contributed by atoms with Crippen LogP contribution >= 0.6 is 0 Å². The van der Waals surface area contributed by atoms with Crippen LogP contribution in [0, 0.1) is 0 Å². The summed E-state index contributed by atoms with van der Waals surface area (Å²) in [5, 5.41) is 2.74. The van der Waals surface area contributed by atoms with Gasteiger partial charge in [-0.15, -0.1) is 0 Å². The number of benzene rings is 2. The second-order valence-corrected chi connectivity index (χ2v) is 9.89. The molecule has 2 heterocycles. The number of carbonyl (C=O) groups excluding carboxylic acids is 3. The van der Waals surface area contributed by atoms with Crippen LogP contribution in [0.15, 0.2) is 53.4 Å². The zero-order chi connectivity index (χ0) is 22.7. The fraction of sp³-hybridized carbons (Fsp3) is 0.348. The SMILES string of the molecule is O=C(Nc1ccc(CN2C(=O)CCC2=O)cc1)c1ccccc1S(=O)(=O)N1CCCCC1. The molecular weight excluding hydrogens is 430 g/mol. The Labute approximate surface area is 187 Å². The molecule has 3 amide bonds. The van der Waals surface area contributed by atoms with Crippen molar-refractivity contribution in [3.05, 3.63) is 59.7 Å². The predicted molar refractivity (Wildman–Crippen MR) is 118 cm³/mol. The standard InChI is InChI=1S/C23H25N3O5S/c27-21-12-13-22(28)26(21)16-17-8-10-18(11-9-17)24-23(29)19-6-2-3-7-20(19)32(30,31)25-14-4-1-5-15-25/h2-3,6-11H,1,4-5,12-16H2,(H,24,29). The summed E-state index contributed by atoms with van der Waals surface area (Å²) in [6.45, 7) is 1.12. The van der Waals surface area contributed by atoms with Crippen LogP contribution < -0.4 is 5.32 Å². The highest BCUT2D eigenvalue weighted by molar-refractivity contribution is 7.89. The Morgan fingerprint density at radius 2 is 1.50 bits per heavy atom. The van der Waals surface area contributed by atoms with Crippen molar-refractivity contribution in [3.63, 3.8) is 0 Å². The Morgan fingerprint density at radius 3 is 2.16 bits per heavy atom. The van der Waals surface area contributed by atoms with Gasteiger partial charge in [0.2, 0.25) is 21.8 Å². The molecule has 0 spiro atoms. The topological polar surface area (TPSA) is 104 Å². The van der Waals surface area contributed by atoms with Gasteiger partial charge in [0.05, 0.1) is 17.0 Å². The van der Waals surface area contributed by atoms with Gasteiger partial charge < -0.3 is 5.32 Å². The van der Waals surface area contributed by atoms with Crippen molar-refractivity contribution in [3.8, 4) is 0 Å². The molecular formula is C23H25N3O5S. The summed E-state index contributed by atoms with van der Waals surface area (Å²) in [5.74, 6) is -0.878. The number of nitrogens with zero attached hydrogens (tertiary/aromatic N) is 2. The number of carbonyl (C=O) groups is 3. The van der Waals surface area contributed by atoms with E-state index >= 15 is 0 Å². The minimum absolute atomic E-state index is 0.00192. The summed E-state index contributed by atoms with van der Waals surface area (Å²) < 4.78 is 27.7. The van der Waals surface area contributed by atoms with E-state index in [1.807, 2.05) is 0 Å². The first kappa shape index (κ1) is 22.2. The van der Waals surface area contributed by atoms with E-state index in [-0.39, 0.29) is 41.7 Å². The zero-order valence-electron chi connectivity index (χ0n) is 17.6. The molecule has 2 fully saturated rings. The number of anilines is 1. The van der Waals surface area contributed by atoms with Gasteiger partial charge >= 0.3 is 0 Å².